The van der Waals surface area contributed by atoms with Crippen LogP contribution in [0.3, 0.4) is 0 Å². The second-order valence-corrected chi connectivity index (χ2v) is 3.96. The molecule has 1 aromatic rings. The minimum atomic E-state index is -0.628. The summed E-state index contributed by atoms with van der Waals surface area (Å²) in [5, 5.41) is 9.01. The first kappa shape index (κ1) is 12.3. The van der Waals surface area contributed by atoms with Gasteiger partial charge in [-0.3, -0.25) is 4.79 Å². The number of morpholine rings is 1. The molecule has 0 aliphatic carbocycles. The Labute approximate surface area is 104 Å². The maximum absolute atomic E-state index is 13.1. The second kappa shape index (κ2) is 5.02. The zero-order chi connectivity index (χ0) is 13.1. The largest absolute Gasteiger partial charge is 0.377 e. The summed E-state index contributed by atoms with van der Waals surface area (Å²) in [6.45, 7) is 1.05. The third kappa shape index (κ3) is 2.26. The molecule has 1 saturated heterocycles. The molecule has 6 heteroatoms. The van der Waals surface area contributed by atoms with Crippen molar-refractivity contribution < 1.29 is 13.9 Å². The van der Waals surface area contributed by atoms with Crippen molar-refractivity contribution in [3.8, 4) is 6.07 Å². The van der Waals surface area contributed by atoms with Crippen LogP contribution in [-0.4, -0.2) is 31.7 Å². The van der Waals surface area contributed by atoms with Gasteiger partial charge in [0, 0.05) is 6.54 Å². The highest BCUT2D eigenvalue weighted by atomic mass is 19.1. The molecule has 1 aliphatic rings. The van der Waals surface area contributed by atoms with E-state index in [2.05, 4.69) is 0 Å². The summed E-state index contributed by atoms with van der Waals surface area (Å²) in [6, 6.07) is 5.17. The Morgan fingerprint density at radius 1 is 1.61 bits per heavy atom. The molecule has 0 bridgehead atoms. The van der Waals surface area contributed by atoms with Gasteiger partial charge in [0.25, 0.3) is 0 Å². The van der Waals surface area contributed by atoms with Gasteiger partial charge in [-0.25, -0.2) is 4.39 Å². The lowest BCUT2D eigenvalue weighted by Crippen LogP contribution is -2.52. The van der Waals surface area contributed by atoms with Crippen LogP contribution >= 0.6 is 0 Å². The molecule has 1 aliphatic heterocycles. The van der Waals surface area contributed by atoms with E-state index in [4.69, 9.17) is 15.7 Å². The van der Waals surface area contributed by atoms with E-state index >= 15 is 0 Å². The van der Waals surface area contributed by atoms with Crippen LogP contribution in [0.2, 0.25) is 0 Å². The van der Waals surface area contributed by atoms with Crippen LogP contribution in [-0.2, 0) is 9.53 Å². The van der Waals surface area contributed by atoms with Crippen LogP contribution in [0.5, 0.6) is 0 Å². The zero-order valence-corrected chi connectivity index (χ0v) is 9.60. The van der Waals surface area contributed by atoms with E-state index in [0.717, 1.165) is 6.07 Å². The summed E-state index contributed by atoms with van der Waals surface area (Å²) < 4.78 is 18.3. The van der Waals surface area contributed by atoms with Crippen molar-refractivity contribution in [3.63, 3.8) is 0 Å². The molecule has 1 fully saturated rings. The summed E-state index contributed by atoms with van der Waals surface area (Å²) >= 11 is 0. The highest BCUT2D eigenvalue weighted by molar-refractivity contribution is 5.84. The van der Waals surface area contributed by atoms with Gasteiger partial charge in [-0.1, -0.05) is 0 Å². The molecule has 1 unspecified atom stereocenters. The monoisotopic (exact) mass is 249 g/mol. The Kier molecular flexibility index (Phi) is 3.44. The molecule has 94 valence electrons. The number of hydrogen-bond donors (Lipinski definition) is 1. The third-order valence-electron chi connectivity index (χ3n) is 2.85. The Bertz CT molecular complexity index is 513. The van der Waals surface area contributed by atoms with Crippen molar-refractivity contribution in [2.75, 3.05) is 24.7 Å². The SMILES string of the molecule is N#Cc1cc(F)ccc1N1CCOCC1C(N)=O. The smallest absolute Gasteiger partial charge is 0.242 e. The fourth-order valence-corrected chi connectivity index (χ4v) is 1.98. The lowest BCUT2D eigenvalue weighted by Gasteiger charge is -2.35. The number of hydrogen-bond acceptors (Lipinski definition) is 4. The predicted molar refractivity (Wildman–Crippen MR) is 62.3 cm³/mol. The molecule has 1 heterocycles. The molecule has 0 radical (unpaired) electrons. The third-order valence-corrected chi connectivity index (χ3v) is 2.85. The van der Waals surface area contributed by atoms with Crippen LogP contribution < -0.4 is 10.6 Å². The number of halogens is 1. The van der Waals surface area contributed by atoms with E-state index < -0.39 is 17.8 Å². The van der Waals surface area contributed by atoms with Crippen molar-refractivity contribution in [2.45, 2.75) is 6.04 Å². The first-order valence-electron chi connectivity index (χ1n) is 5.47. The summed E-state index contributed by atoms with van der Waals surface area (Å²) in [4.78, 5) is 13.0. The van der Waals surface area contributed by atoms with Crippen molar-refractivity contribution in [3.05, 3.63) is 29.6 Å². The van der Waals surface area contributed by atoms with Gasteiger partial charge in [-0.15, -0.1) is 0 Å². The van der Waals surface area contributed by atoms with Gasteiger partial charge in [0.05, 0.1) is 24.5 Å². The van der Waals surface area contributed by atoms with Crippen molar-refractivity contribution in [1.82, 2.24) is 0 Å². The number of nitriles is 1. The maximum atomic E-state index is 13.1. The van der Waals surface area contributed by atoms with E-state index in [-0.39, 0.29) is 12.2 Å². The fraction of sp³-hybridized carbons (Fsp3) is 0.333. The molecule has 0 spiro atoms. The van der Waals surface area contributed by atoms with Gasteiger partial charge < -0.3 is 15.4 Å². The lowest BCUT2D eigenvalue weighted by molar-refractivity contribution is -0.121. The second-order valence-electron chi connectivity index (χ2n) is 3.96. The number of anilines is 1. The fourth-order valence-electron chi connectivity index (χ4n) is 1.98. The highest BCUT2D eigenvalue weighted by Crippen LogP contribution is 2.24. The molecule has 1 aromatic carbocycles. The Morgan fingerprint density at radius 2 is 2.39 bits per heavy atom. The zero-order valence-electron chi connectivity index (χ0n) is 9.60. The Morgan fingerprint density at radius 3 is 3.06 bits per heavy atom. The number of rotatable bonds is 2. The number of carbonyl (C=O) groups is 1. The minimum absolute atomic E-state index is 0.178. The highest BCUT2D eigenvalue weighted by Gasteiger charge is 2.29. The van der Waals surface area contributed by atoms with Crippen LogP contribution in [0.25, 0.3) is 0 Å². The molecule has 2 rings (SSSR count). The normalized spacial score (nSPS) is 19.3. The number of primary amides is 1. The topological polar surface area (TPSA) is 79.3 Å². The molecular formula is C12H12FN3O2. The Hall–Kier alpha value is -2.13. The van der Waals surface area contributed by atoms with Crippen LogP contribution in [0.1, 0.15) is 5.56 Å². The molecule has 0 aromatic heterocycles. The first-order chi connectivity index (χ1) is 8.63. The van der Waals surface area contributed by atoms with Crippen LogP contribution in [0.4, 0.5) is 10.1 Å². The van der Waals surface area contributed by atoms with Crippen LogP contribution in [0, 0.1) is 17.1 Å². The summed E-state index contributed by atoms with van der Waals surface area (Å²) in [7, 11) is 0. The lowest BCUT2D eigenvalue weighted by atomic mass is 10.1. The molecule has 18 heavy (non-hydrogen) atoms. The van der Waals surface area contributed by atoms with E-state index in [0.29, 0.717) is 18.8 Å². The molecule has 1 atom stereocenters. The number of amides is 1. The van der Waals surface area contributed by atoms with Gasteiger partial charge in [-0.05, 0) is 18.2 Å². The van der Waals surface area contributed by atoms with Gasteiger partial charge in [0.15, 0.2) is 0 Å². The summed E-state index contributed by atoms with van der Waals surface area (Å²) in [6.07, 6.45) is 0. The molecule has 2 N–H and O–H groups in total. The quantitative estimate of drug-likeness (QED) is 0.822. The number of benzene rings is 1. The summed E-state index contributed by atoms with van der Waals surface area (Å²) in [5.41, 5.74) is 5.99. The van der Waals surface area contributed by atoms with Crippen molar-refractivity contribution in [2.24, 2.45) is 5.73 Å². The molecule has 0 saturated carbocycles. The van der Waals surface area contributed by atoms with Crippen molar-refractivity contribution in [1.29, 1.82) is 5.26 Å². The van der Waals surface area contributed by atoms with Crippen molar-refractivity contribution >= 4 is 11.6 Å². The van der Waals surface area contributed by atoms with E-state index in [1.165, 1.54) is 12.1 Å². The van der Waals surface area contributed by atoms with Crippen LogP contribution in [0.15, 0.2) is 18.2 Å². The standard InChI is InChI=1S/C12H12FN3O2/c13-9-1-2-10(8(5-9)6-14)16-3-4-18-7-11(16)12(15)17/h1-2,5,11H,3-4,7H2,(H2,15,17). The summed E-state index contributed by atoms with van der Waals surface area (Å²) in [5.74, 6) is -1.01. The van der Waals surface area contributed by atoms with E-state index in [9.17, 15) is 9.18 Å². The first-order valence-corrected chi connectivity index (χ1v) is 5.47. The number of carbonyl (C=O) groups excluding carboxylic acids is 1. The average molecular weight is 249 g/mol. The van der Waals surface area contributed by atoms with Gasteiger partial charge in [0.2, 0.25) is 5.91 Å². The molecular weight excluding hydrogens is 237 g/mol. The Balaban J connectivity index is 2.40. The van der Waals surface area contributed by atoms with Gasteiger partial charge in [-0.2, -0.15) is 5.26 Å². The van der Waals surface area contributed by atoms with E-state index in [1.807, 2.05) is 6.07 Å². The van der Waals surface area contributed by atoms with Gasteiger partial charge in [0.1, 0.15) is 17.9 Å². The molecule has 1 amide bonds. The number of nitrogens with two attached hydrogens (primary N) is 1. The minimum Gasteiger partial charge on any atom is -0.377 e. The number of ether oxygens (including phenoxy) is 1. The predicted octanol–water partition coefficient (Wildman–Crippen LogP) is 0.388. The molecule has 5 nitrogen and oxygen atoms in total. The van der Waals surface area contributed by atoms with Gasteiger partial charge >= 0.3 is 0 Å². The average Bonchev–Trinajstić information content (AvgIpc) is 2.38. The maximum Gasteiger partial charge on any atom is 0.242 e. The number of nitrogens with zero attached hydrogens (tertiary/aromatic N) is 2. The van der Waals surface area contributed by atoms with E-state index in [1.54, 1.807) is 4.90 Å².